The van der Waals surface area contributed by atoms with Gasteiger partial charge in [0.1, 0.15) is 5.75 Å². The van der Waals surface area contributed by atoms with Gasteiger partial charge in [0.25, 0.3) is 0 Å². The van der Waals surface area contributed by atoms with Gasteiger partial charge in [-0.05, 0) is 23.7 Å². The molecule has 0 saturated heterocycles. The molecule has 114 valence electrons. The SMILES string of the molecule is COc1cc(Cl)c(N(C(=O)C(=O)Cl)c2ccccc2)c(Cl)c1. The van der Waals surface area contributed by atoms with Crippen molar-refractivity contribution in [3.63, 3.8) is 0 Å². The van der Waals surface area contributed by atoms with Crippen LogP contribution in [0.1, 0.15) is 0 Å². The van der Waals surface area contributed by atoms with Crippen molar-refractivity contribution < 1.29 is 14.3 Å². The summed E-state index contributed by atoms with van der Waals surface area (Å²) in [5.74, 6) is -0.529. The summed E-state index contributed by atoms with van der Waals surface area (Å²) in [6, 6.07) is 11.4. The number of para-hydroxylation sites is 1. The molecule has 0 heterocycles. The quantitative estimate of drug-likeness (QED) is 0.600. The largest absolute Gasteiger partial charge is 0.497 e. The lowest BCUT2D eigenvalue weighted by atomic mass is 10.2. The maximum Gasteiger partial charge on any atom is 0.315 e. The van der Waals surface area contributed by atoms with Crippen molar-refractivity contribution in [2.45, 2.75) is 0 Å². The first kappa shape index (κ1) is 16.6. The van der Waals surface area contributed by atoms with Crippen molar-refractivity contribution in [1.29, 1.82) is 0 Å². The van der Waals surface area contributed by atoms with Crippen molar-refractivity contribution in [2.75, 3.05) is 12.0 Å². The average molecular weight is 359 g/mol. The van der Waals surface area contributed by atoms with Gasteiger partial charge in [-0.1, -0.05) is 41.4 Å². The highest BCUT2D eigenvalue weighted by molar-refractivity contribution is 6.82. The molecule has 0 aliphatic carbocycles. The zero-order valence-electron chi connectivity index (χ0n) is 11.3. The molecule has 1 amide bonds. The molecule has 2 aromatic carbocycles. The number of amides is 1. The van der Waals surface area contributed by atoms with Crippen molar-refractivity contribution in [3.8, 4) is 5.75 Å². The Morgan fingerprint density at radius 2 is 1.59 bits per heavy atom. The van der Waals surface area contributed by atoms with Gasteiger partial charge in [-0.3, -0.25) is 14.5 Å². The molecule has 0 aliphatic heterocycles. The number of methoxy groups -OCH3 is 1. The van der Waals surface area contributed by atoms with E-state index in [0.717, 1.165) is 4.90 Å². The molecule has 2 rings (SSSR count). The minimum atomic E-state index is -1.15. The van der Waals surface area contributed by atoms with E-state index in [4.69, 9.17) is 39.5 Å². The number of ether oxygens (including phenoxy) is 1. The van der Waals surface area contributed by atoms with Crippen molar-refractivity contribution in [2.24, 2.45) is 0 Å². The summed E-state index contributed by atoms with van der Waals surface area (Å²) >= 11 is 17.7. The highest BCUT2D eigenvalue weighted by Gasteiger charge is 2.27. The molecule has 0 atom stereocenters. The Morgan fingerprint density at radius 1 is 1.05 bits per heavy atom. The van der Waals surface area contributed by atoms with E-state index in [9.17, 15) is 9.59 Å². The average Bonchev–Trinajstić information content (AvgIpc) is 2.50. The van der Waals surface area contributed by atoms with E-state index >= 15 is 0 Å². The van der Waals surface area contributed by atoms with Gasteiger partial charge in [-0.25, -0.2) is 0 Å². The van der Waals surface area contributed by atoms with Crippen molar-refractivity contribution >= 4 is 57.3 Å². The summed E-state index contributed by atoms with van der Waals surface area (Å²) in [6.07, 6.45) is 0. The Hall–Kier alpha value is -1.75. The van der Waals surface area contributed by atoms with Gasteiger partial charge >= 0.3 is 11.1 Å². The number of hydrogen-bond acceptors (Lipinski definition) is 3. The van der Waals surface area contributed by atoms with Crippen LogP contribution in [0.5, 0.6) is 5.75 Å². The van der Waals surface area contributed by atoms with Gasteiger partial charge in [-0.2, -0.15) is 0 Å². The molecule has 0 aromatic heterocycles. The Bertz CT molecular complexity index is 696. The highest BCUT2D eigenvalue weighted by Crippen LogP contribution is 2.41. The van der Waals surface area contributed by atoms with E-state index in [1.54, 1.807) is 30.3 Å². The van der Waals surface area contributed by atoms with Crippen molar-refractivity contribution in [1.82, 2.24) is 0 Å². The Kier molecular flexibility index (Phi) is 5.29. The fourth-order valence-corrected chi connectivity index (χ4v) is 2.61. The molecule has 0 bridgehead atoms. The molecule has 0 N–H and O–H groups in total. The number of nitrogens with zero attached hydrogens (tertiary/aromatic N) is 1. The number of carbonyl (C=O) groups is 2. The van der Waals surface area contributed by atoms with Gasteiger partial charge in [0.05, 0.1) is 22.8 Å². The van der Waals surface area contributed by atoms with E-state index in [2.05, 4.69) is 0 Å². The van der Waals surface area contributed by atoms with Crippen LogP contribution in [0, 0.1) is 0 Å². The summed E-state index contributed by atoms with van der Waals surface area (Å²) in [4.78, 5) is 24.6. The molecular formula is C15H10Cl3NO3. The third-order valence-corrected chi connectivity index (χ3v) is 3.57. The van der Waals surface area contributed by atoms with Crippen molar-refractivity contribution in [3.05, 3.63) is 52.5 Å². The van der Waals surface area contributed by atoms with Crippen LogP contribution >= 0.6 is 34.8 Å². The van der Waals surface area contributed by atoms with Crippen LogP contribution in [0.15, 0.2) is 42.5 Å². The standard InChI is InChI=1S/C15H10Cl3NO3/c1-22-10-7-11(16)13(12(17)8-10)19(15(21)14(18)20)9-5-3-2-4-6-9/h2-8H,1H3. The fourth-order valence-electron chi connectivity index (χ4n) is 1.89. The maximum atomic E-state index is 12.2. The van der Waals surface area contributed by atoms with Gasteiger partial charge in [0.2, 0.25) is 0 Å². The normalized spacial score (nSPS) is 10.2. The van der Waals surface area contributed by atoms with Gasteiger partial charge in [0, 0.05) is 17.8 Å². The van der Waals surface area contributed by atoms with E-state index in [-0.39, 0.29) is 15.7 Å². The lowest BCUT2D eigenvalue weighted by Crippen LogP contribution is -2.30. The van der Waals surface area contributed by atoms with Gasteiger partial charge < -0.3 is 4.74 Å². The Labute approximate surface area is 142 Å². The second-order valence-corrected chi connectivity index (χ2v) is 5.35. The summed E-state index contributed by atoms with van der Waals surface area (Å²) in [6.45, 7) is 0. The molecule has 7 heteroatoms. The molecule has 0 spiro atoms. The van der Waals surface area contributed by atoms with E-state index in [1.807, 2.05) is 0 Å². The van der Waals surface area contributed by atoms with E-state index in [0.29, 0.717) is 11.4 Å². The van der Waals surface area contributed by atoms with Crippen LogP contribution < -0.4 is 9.64 Å². The summed E-state index contributed by atoms with van der Waals surface area (Å²) in [7, 11) is 1.46. The Balaban J connectivity index is 2.65. The monoisotopic (exact) mass is 357 g/mol. The van der Waals surface area contributed by atoms with Crippen LogP contribution in [-0.4, -0.2) is 18.3 Å². The van der Waals surface area contributed by atoms with E-state index in [1.165, 1.54) is 19.2 Å². The summed E-state index contributed by atoms with van der Waals surface area (Å²) in [5, 5.41) is -0.842. The lowest BCUT2D eigenvalue weighted by Gasteiger charge is -2.23. The second-order valence-electron chi connectivity index (χ2n) is 4.19. The van der Waals surface area contributed by atoms with Gasteiger partial charge in [-0.15, -0.1) is 0 Å². The minimum absolute atomic E-state index is 0.152. The molecule has 0 saturated carbocycles. The molecule has 0 radical (unpaired) electrons. The molecule has 2 aromatic rings. The second kappa shape index (κ2) is 7.01. The number of anilines is 2. The zero-order valence-corrected chi connectivity index (χ0v) is 13.6. The number of benzene rings is 2. The first-order valence-corrected chi connectivity index (χ1v) is 7.21. The molecule has 22 heavy (non-hydrogen) atoms. The highest BCUT2D eigenvalue weighted by atomic mass is 35.5. The summed E-state index contributed by atoms with van der Waals surface area (Å²) < 4.78 is 5.06. The predicted molar refractivity (Wildman–Crippen MR) is 87.5 cm³/mol. The Morgan fingerprint density at radius 3 is 2.05 bits per heavy atom. The number of carbonyl (C=O) groups excluding carboxylic acids is 2. The third kappa shape index (κ3) is 3.35. The number of halogens is 3. The van der Waals surface area contributed by atoms with Crippen LogP contribution in [-0.2, 0) is 9.59 Å². The van der Waals surface area contributed by atoms with Crippen LogP contribution in [0.2, 0.25) is 10.0 Å². The number of hydrogen-bond donors (Lipinski definition) is 0. The predicted octanol–water partition coefficient (Wildman–Crippen LogP) is 4.43. The molecule has 0 aliphatic rings. The first-order valence-electron chi connectivity index (χ1n) is 6.07. The number of rotatable bonds is 4. The van der Waals surface area contributed by atoms with Crippen LogP contribution in [0.25, 0.3) is 0 Å². The zero-order chi connectivity index (χ0) is 16.3. The van der Waals surface area contributed by atoms with Gasteiger partial charge in [0.15, 0.2) is 0 Å². The maximum absolute atomic E-state index is 12.2. The van der Waals surface area contributed by atoms with Crippen LogP contribution in [0.4, 0.5) is 11.4 Å². The molecule has 0 unspecified atom stereocenters. The first-order chi connectivity index (χ1) is 10.5. The van der Waals surface area contributed by atoms with Crippen LogP contribution in [0.3, 0.4) is 0 Å². The molecule has 0 fully saturated rings. The topological polar surface area (TPSA) is 46.6 Å². The smallest absolute Gasteiger partial charge is 0.315 e. The van der Waals surface area contributed by atoms with E-state index < -0.39 is 11.1 Å². The lowest BCUT2D eigenvalue weighted by molar-refractivity contribution is -0.131. The third-order valence-electron chi connectivity index (χ3n) is 2.84. The summed E-state index contributed by atoms with van der Waals surface area (Å²) in [5.41, 5.74) is 0.574. The minimum Gasteiger partial charge on any atom is -0.497 e. The molecule has 4 nitrogen and oxygen atoms in total. The fraction of sp³-hybridized carbons (Fsp3) is 0.0667. The molecular weight excluding hydrogens is 349 g/mol.